The summed E-state index contributed by atoms with van der Waals surface area (Å²) in [6, 6.07) is -0.0159. The van der Waals surface area contributed by atoms with Crippen LogP contribution >= 0.6 is 0 Å². The van der Waals surface area contributed by atoms with Crippen LogP contribution in [0.15, 0.2) is 0 Å². The monoisotopic (exact) mass is 183 g/mol. The van der Waals surface area contributed by atoms with Gasteiger partial charge in [-0.3, -0.25) is 4.79 Å². The van der Waals surface area contributed by atoms with Crippen LogP contribution < -0.4 is 5.32 Å². The Labute approximate surface area is 78.8 Å². The summed E-state index contributed by atoms with van der Waals surface area (Å²) in [7, 11) is 1.47. The van der Waals surface area contributed by atoms with E-state index in [1.54, 1.807) is 0 Å². The predicted molar refractivity (Wildman–Crippen MR) is 49.3 cm³/mol. The lowest BCUT2D eigenvalue weighted by Gasteiger charge is -2.51. The summed E-state index contributed by atoms with van der Waals surface area (Å²) in [5, 5.41) is 3.18. The van der Waals surface area contributed by atoms with Crippen LogP contribution in [0.4, 0.5) is 0 Å². The third-order valence-corrected chi connectivity index (χ3v) is 3.56. The summed E-state index contributed by atoms with van der Waals surface area (Å²) >= 11 is 0. The zero-order valence-electron chi connectivity index (χ0n) is 8.14. The largest absolute Gasteiger partial charge is 0.468 e. The van der Waals surface area contributed by atoms with E-state index in [4.69, 9.17) is 4.74 Å². The fourth-order valence-electron chi connectivity index (χ4n) is 2.67. The number of carbonyl (C=O) groups is 1. The van der Waals surface area contributed by atoms with E-state index in [1.807, 2.05) is 0 Å². The Hall–Kier alpha value is -0.570. The maximum absolute atomic E-state index is 11.4. The quantitative estimate of drug-likeness (QED) is 0.618. The van der Waals surface area contributed by atoms with E-state index in [-0.39, 0.29) is 17.4 Å². The number of rotatable bonds is 1. The van der Waals surface area contributed by atoms with Crippen molar-refractivity contribution < 1.29 is 9.53 Å². The van der Waals surface area contributed by atoms with Gasteiger partial charge in [-0.2, -0.15) is 0 Å². The predicted octanol–water partition coefficient (Wildman–Crippen LogP) is 1.08. The molecule has 1 saturated heterocycles. The number of ether oxygens (including phenoxy) is 1. The number of hydrogen-bond acceptors (Lipinski definition) is 3. The second kappa shape index (κ2) is 3.29. The molecule has 0 aromatic rings. The average molecular weight is 183 g/mol. The zero-order chi connectivity index (χ0) is 9.31. The summed E-state index contributed by atoms with van der Waals surface area (Å²) in [5.74, 6) is -0.0758. The van der Waals surface area contributed by atoms with Crippen LogP contribution in [-0.4, -0.2) is 25.7 Å². The van der Waals surface area contributed by atoms with Crippen LogP contribution in [0.3, 0.4) is 0 Å². The maximum atomic E-state index is 11.4. The summed E-state index contributed by atoms with van der Waals surface area (Å²) in [4.78, 5) is 11.4. The van der Waals surface area contributed by atoms with Crippen molar-refractivity contribution in [1.29, 1.82) is 0 Å². The van der Waals surface area contributed by atoms with E-state index in [0.29, 0.717) is 0 Å². The third-order valence-electron chi connectivity index (χ3n) is 3.56. The molecule has 1 heterocycles. The molecule has 1 aliphatic heterocycles. The van der Waals surface area contributed by atoms with E-state index in [1.165, 1.54) is 39.2 Å². The number of nitrogens with one attached hydrogen (secondary N) is 1. The SMILES string of the molecule is COC(=O)C1NCC12CCCCC2. The minimum Gasteiger partial charge on any atom is -0.468 e. The van der Waals surface area contributed by atoms with Gasteiger partial charge in [0.15, 0.2) is 0 Å². The molecule has 1 unspecified atom stereocenters. The van der Waals surface area contributed by atoms with E-state index in [9.17, 15) is 4.79 Å². The van der Waals surface area contributed by atoms with Crippen molar-refractivity contribution in [1.82, 2.24) is 5.32 Å². The first kappa shape index (κ1) is 9.00. The number of carbonyl (C=O) groups excluding carboxylic acids is 1. The number of esters is 1. The van der Waals surface area contributed by atoms with E-state index < -0.39 is 0 Å². The summed E-state index contributed by atoms with van der Waals surface area (Å²) in [6.45, 7) is 1.01. The summed E-state index contributed by atoms with van der Waals surface area (Å²) < 4.78 is 4.78. The Balaban J connectivity index is 2.02. The molecule has 2 rings (SSSR count). The van der Waals surface area contributed by atoms with Gasteiger partial charge in [-0.1, -0.05) is 19.3 Å². The van der Waals surface area contributed by atoms with Gasteiger partial charge in [0.05, 0.1) is 7.11 Å². The van der Waals surface area contributed by atoms with Crippen LogP contribution in [-0.2, 0) is 9.53 Å². The Morgan fingerprint density at radius 3 is 2.54 bits per heavy atom. The van der Waals surface area contributed by atoms with Crippen molar-refractivity contribution >= 4 is 5.97 Å². The van der Waals surface area contributed by atoms with Crippen LogP contribution in [0.25, 0.3) is 0 Å². The van der Waals surface area contributed by atoms with Crippen molar-refractivity contribution in [3.63, 3.8) is 0 Å². The zero-order valence-corrected chi connectivity index (χ0v) is 8.14. The second-order valence-corrected chi connectivity index (χ2v) is 4.26. The first-order valence-electron chi connectivity index (χ1n) is 5.10. The van der Waals surface area contributed by atoms with Crippen LogP contribution in [0, 0.1) is 5.41 Å². The van der Waals surface area contributed by atoms with Gasteiger partial charge in [-0.05, 0) is 12.8 Å². The number of methoxy groups -OCH3 is 1. The van der Waals surface area contributed by atoms with Crippen molar-refractivity contribution in [3.8, 4) is 0 Å². The second-order valence-electron chi connectivity index (χ2n) is 4.26. The van der Waals surface area contributed by atoms with Gasteiger partial charge in [-0.15, -0.1) is 0 Å². The van der Waals surface area contributed by atoms with Gasteiger partial charge >= 0.3 is 5.97 Å². The molecule has 3 nitrogen and oxygen atoms in total. The van der Waals surface area contributed by atoms with E-state index in [0.717, 1.165) is 6.54 Å². The molecule has 1 spiro atoms. The highest BCUT2D eigenvalue weighted by Crippen LogP contribution is 2.44. The lowest BCUT2D eigenvalue weighted by atomic mass is 9.64. The summed E-state index contributed by atoms with van der Waals surface area (Å²) in [5.41, 5.74) is 0.255. The minimum atomic E-state index is -0.0758. The smallest absolute Gasteiger partial charge is 0.323 e. The average Bonchev–Trinajstić information content (AvgIpc) is 2.17. The normalized spacial score (nSPS) is 31.0. The molecule has 2 aliphatic rings. The van der Waals surface area contributed by atoms with Gasteiger partial charge in [0.25, 0.3) is 0 Å². The molecule has 0 aromatic carbocycles. The Kier molecular flexibility index (Phi) is 2.28. The molecule has 0 amide bonds. The van der Waals surface area contributed by atoms with Crippen LogP contribution in [0.5, 0.6) is 0 Å². The molecule has 0 radical (unpaired) electrons. The maximum Gasteiger partial charge on any atom is 0.323 e. The standard InChI is InChI=1S/C10H17NO2/c1-13-9(12)8-10(7-11-8)5-3-2-4-6-10/h8,11H,2-7H2,1H3. The van der Waals surface area contributed by atoms with Gasteiger partial charge in [0, 0.05) is 12.0 Å². The van der Waals surface area contributed by atoms with E-state index >= 15 is 0 Å². The molecule has 0 aromatic heterocycles. The first-order valence-corrected chi connectivity index (χ1v) is 5.10. The van der Waals surface area contributed by atoms with Gasteiger partial charge in [-0.25, -0.2) is 0 Å². The molecule has 74 valence electrons. The molecule has 1 atom stereocenters. The molecule has 13 heavy (non-hydrogen) atoms. The fraction of sp³-hybridized carbons (Fsp3) is 0.900. The molecule has 2 fully saturated rings. The minimum absolute atomic E-state index is 0.0159. The topological polar surface area (TPSA) is 38.3 Å². The highest BCUT2D eigenvalue weighted by atomic mass is 16.5. The lowest BCUT2D eigenvalue weighted by molar-refractivity contribution is -0.153. The van der Waals surface area contributed by atoms with Gasteiger partial charge in [0.2, 0.25) is 0 Å². The highest BCUT2D eigenvalue weighted by molar-refractivity contribution is 5.78. The Bertz CT molecular complexity index is 209. The molecular formula is C10H17NO2. The molecule has 3 heteroatoms. The van der Waals surface area contributed by atoms with Crippen molar-refractivity contribution in [2.45, 2.75) is 38.1 Å². The highest BCUT2D eigenvalue weighted by Gasteiger charge is 2.51. The van der Waals surface area contributed by atoms with Crippen molar-refractivity contribution in [2.24, 2.45) is 5.41 Å². The Morgan fingerprint density at radius 2 is 2.08 bits per heavy atom. The van der Waals surface area contributed by atoms with Gasteiger partial charge in [0.1, 0.15) is 6.04 Å². The van der Waals surface area contributed by atoms with Crippen LogP contribution in [0.1, 0.15) is 32.1 Å². The molecule has 1 saturated carbocycles. The van der Waals surface area contributed by atoms with E-state index in [2.05, 4.69) is 5.32 Å². The molecule has 1 N–H and O–H groups in total. The number of hydrogen-bond donors (Lipinski definition) is 1. The molecule has 1 aliphatic carbocycles. The van der Waals surface area contributed by atoms with Gasteiger partial charge < -0.3 is 10.1 Å². The van der Waals surface area contributed by atoms with Crippen LogP contribution in [0.2, 0.25) is 0 Å². The Morgan fingerprint density at radius 1 is 1.38 bits per heavy atom. The van der Waals surface area contributed by atoms with Crippen molar-refractivity contribution in [3.05, 3.63) is 0 Å². The molecular weight excluding hydrogens is 166 g/mol. The van der Waals surface area contributed by atoms with Crippen molar-refractivity contribution in [2.75, 3.05) is 13.7 Å². The third kappa shape index (κ3) is 1.35. The fourth-order valence-corrected chi connectivity index (χ4v) is 2.67. The summed E-state index contributed by atoms with van der Waals surface area (Å²) in [6.07, 6.45) is 6.26. The lowest BCUT2D eigenvalue weighted by Crippen LogP contribution is -2.66. The molecule has 0 bridgehead atoms. The first-order chi connectivity index (χ1) is 6.28.